The number of aromatic nitrogens is 4. The van der Waals surface area contributed by atoms with E-state index in [-0.39, 0.29) is 62.2 Å². The highest BCUT2D eigenvalue weighted by atomic mass is 31.2. The SMILES string of the molecule is C.C.C.C.C.CCCCCCCCCC.CCCN1CCN(CCC)P1(=O)OCc1cnc([N+](=O)[O-])n1C.Cn1c(CO)cnc1[N+](=O)[O-]. The molecular formula is C33H73N8O7P. The number of hydrogen-bond acceptors (Lipinski definition) is 9. The Morgan fingerprint density at radius 1 is 0.714 bits per heavy atom. The van der Waals surface area contributed by atoms with Gasteiger partial charge in [0.2, 0.25) is 0 Å². The summed E-state index contributed by atoms with van der Waals surface area (Å²) >= 11 is 0. The molecule has 0 bridgehead atoms. The number of nitrogens with zero attached hydrogens (tertiary/aromatic N) is 8. The summed E-state index contributed by atoms with van der Waals surface area (Å²) in [7, 11) is -0.0271. The first-order valence-corrected chi connectivity index (χ1v) is 17.2. The van der Waals surface area contributed by atoms with Gasteiger partial charge in [-0.1, -0.05) is 126 Å². The number of rotatable bonds is 17. The fraction of sp³-hybridized carbons (Fsp3) is 0.818. The summed E-state index contributed by atoms with van der Waals surface area (Å²) in [4.78, 5) is 27.1. The van der Waals surface area contributed by atoms with Crippen LogP contribution in [0.5, 0.6) is 0 Å². The molecular weight excluding hydrogens is 651 g/mol. The van der Waals surface area contributed by atoms with Crippen LogP contribution in [0.3, 0.4) is 0 Å². The van der Waals surface area contributed by atoms with Gasteiger partial charge in [0.1, 0.15) is 37.0 Å². The zero-order chi connectivity index (χ0) is 33.1. The van der Waals surface area contributed by atoms with Gasteiger partial charge in [0.05, 0.1) is 14.1 Å². The molecule has 1 aliphatic rings. The average molecular weight is 725 g/mol. The Bertz CT molecular complexity index is 1150. The van der Waals surface area contributed by atoms with Gasteiger partial charge in [0.25, 0.3) is 0 Å². The molecule has 49 heavy (non-hydrogen) atoms. The molecule has 15 nitrogen and oxygen atoms in total. The summed E-state index contributed by atoms with van der Waals surface area (Å²) in [5, 5.41) is 29.7. The van der Waals surface area contributed by atoms with Crippen LogP contribution in [0.2, 0.25) is 0 Å². The highest BCUT2D eigenvalue weighted by molar-refractivity contribution is 7.54. The Balaban J connectivity index is -0.000000212. The van der Waals surface area contributed by atoms with Gasteiger partial charge in [0, 0.05) is 26.2 Å². The molecule has 292 valence electrons. The van der Waals surface area contributed by atoms with Crippen LogP contribution < -0.4 is 0 Å². The Labute approximate surface area is 298 Å². The lowest BCUT2D eigenvalue weighted by Gasteiger charge is -2.28. The van der Waals surface area contributed by atoms with Crippen molar-refractivity contribution in [2.75, 3.05) is 26.2 Å². The summed E-state index contributed by atoms with van der Waals surface area (Å²) < 4.78 is 25.5. The molecule has 1 N–H and O–H groups in total. The van der Waals surface area contributed by atoms with E-state index in [1.165, 1.54) is 79.9 Å². The van der Waals surface area contributed by atoms with Gasteiger partial charge in [0.15, 0.2) is 0 Å². The predicted octanol–water partition coefficient (Wildman–Crippen LogP) is 9.54. The van der Waals surface area contributed by atoms with Crippen LogP contribution in [0.1, 0.15) is 140 Å². The molecule has 0 atom stereocenters. The van der Waals surface area contributed by atoms with Crippen LogP contribution in [-0.2, 0) is 36.4 Å². The first kappa shape index (κ1) is 55.7. The van der Waals surface area contributed by atoms with Crippen LogP contribution >= 0.6 is 7.67 Å². The second-order valence-corrected chi connectivity index (χ2v) is 13.1. The lowest BCUT2D eigenvalue weighted by Crippen LogP contribution is -2.23. The number of imidazole rings is 2. The maximum absolute atomic E-state index is 13.3. The van der Waals surface area contributed by atoms with Crippen LogP contribution in [0, 0.1) is 20.2 Å². The number of unbranched alkanes of at least 4 members (excludes halogenated alkanes) is 7. The molecule has 0 spiro atoms. The zero-order valence-corrected chi connectivity index (χ0v) is 28.3. The molecule has 0 unspecified atom stereocenters. The van der Waals surface area contributed by atoms with Crippen molar-refractivity contribution in [3.05, 3.63) is 44.0 Å². The maximum Gasteiger partial charge on any atom is 0.434 e. The van der Waals surface area contributed by atoms with Crippen molar-refractivity contribution in [1.82, 2.24) is 28.4 Å². The van der Waals surface area contributed by atoms with Crippen LogP contribution in [0.15, 0.2) is 12.4 Å². The summed E-state index contributed by atoms with van der Waals surface area (Å²) in [5.41, 5.74) is 0.962. The van der Waals surface area contributed by atoms with Crippen LogP contribution in [0.25, 0.3) is 0 Å². The normalized spacial score (nSPS) is 13.0. The minimum absolute atomic E-state index is 0. The molecule has 2 aromatic heterocycles. The van der Waals surface area contributed by atoms with E-state index in [0.717, 1.165) is 25.9 Å². The Morgan fingerprint density at radius 3 is 1.39 bits per heavy atom. The minimum atomic E-state index is -3.07. The molecule has 3 heterocycles. The van der Waals surface area contributed by atoms with E-state index in [0.29, 0.717) is 24.5 Å². The van der Waals surface area contributed by atoms with Gasteiger partial charge in [-0.3, -0.25) is 9.09 Å². The maximum atomic E-state index is 13.3. The molecule has 0 radical (unpaired) electrons. The fourth-order valence-electron chi connectivity index (χ4n) is 4.66. The molecule has 0 saturated carbocycles. The summed E-state index contributed by atoms with van der Waals surface area (Å²) in [5.74, 6) is -0.502. The third-order valence-corrected chi connectivity index (χ3v) is 9.94. The zero-order valence-electron chi connectivity index (χ0n) is 27.4. The predicted molar refractivity (Wildman–Crippen MR) is 204 cm³/mol. The second kappa shape index (κ2) is 30.1. The van der Waals surface area contributed by atoms with E-state index in [9.17, 15) is 24.8 Å². The standard InChI is InChI=1S/C13H24N5O4P.C10H22.C5H7N3O3.5CH4/c1-4-6-16-8-9-17(7-5-2)23(16,21)22-11-12-10-14-13(15(12)3)18(19)20;1-3-5-7-9-10-8-6-4-2;1-7-4(3-9)2-6-5(7)8(10)11;;;;;/h10H,4-9,11H2,1-3H3;3-10H2,1-2H3;2,9H,3H2,1H3;5*1H4. The quantitative estimate of drug-likeness (QED) is 0.0712. The highest BCUT2D eigenvalue weighted by Gasteiger charge is 2.43. The second-order valence-electron chi connectivity index (χ2n) is 10.7. The lowest BCUT2D eigenvalue weighted by atomic mass is 10.1. The smallest absolute Gasteiger partial charge is 0.390 e. The van der Waals surface area contributed by atoms with Gasteiger partial charge in [-0.2, -0.15) is 0 Å². The first-order valence-electron chi connectivity index (χ1n) is 15.7. The van der Waals surface area contributed by atoms with E-state index in [1.54, 1.807) is 7.05 Å². The Hall–Kier alpha value is -2.71. The van der Waals surface area contributed by atoms with E-state index < -0.39 is 17.5 Å². The minimum Gasteiger partial charge on any atom is -0.390 e. The number of nitro groups is 2. The molecule has 3 rings (SSSR count). The van der Waals surface area contributed by atoms with Crippen LogP contribution in [0.4, 0.5) is 11.9 Å². The van der Waals surface area contributed by atoms with E-state index in [1.807, 2.05) is 23.2 Å². The summed E-state index contributed by atoms with van der Waals surface area (Å²) in [6, 6.07) is 0. The Kier molecular flexibility index (Phi) is 34.3. The van der Waals surface area contributed by atoms with E-state index in [4.69, 9.17) is 9.63 Å². The van der Waals surface area contributed by atoms with Crippen molar-refractivity contribution in [3.8, 4) is 0 Å². The molecule has 1 aliphatic heterocycles. The number of aliphatic hydroxyl groups is 1. The van der Waals surface area contributed by atoms with E-state index >= 15 is 0 Å². The summed E-state index contributed by atoms with van der Waals surface area (Å²) in [6.07, 6.45) is 15.9. The summed E-state index contributed by atoms with van der Waals surface area (Å²) in [6.45, 7) is 11.3. The van der Waals surface area contributed by atoms with Gasteiger partial charge in [-0.15, -0.1) is 0 Å². The third kappa shape index (κ3) is 17.7. The highest BCUT2D eigenvalue weighted by Crippen LogP contribution is 2.58. The van der Waals surface area contributed by atoms with Gasteiger partial charge < -0.3 is 25.3 Å². The van der Waals surface area contributed by atoms with Crippen molar-refractivity contribution in [2.45, 2.75) is 142 Å². The molecule has 2 aromatic rings. The molecule has 0 amide bonds. The topological polar surface area (TPSA) is 175 Å². The first-order chi connectivity index (χ1) is 21.0. The van der Waals surface area contributed by atoms with Gasteiger partial charge in [-0.25, -0.2) is 18.5 Å². The largest absolute Gasteiger partial charge is 0.434 e. The van der Waals surface area contributed by atoms with Crippen molar-refractivity contribution in [3.63, 3.8) is 0 Å². The third-order valence-electron chi connectivity index (χ3n) is 7.24. The fourth-order valence-corrected chi connectivity index (χ4v) is 7.24. The lowest BCUT2D eigenvalue weighted by molar-refractivity contribution is -0.396. The van der Waals surface area contributed by atoms with Gasteiger partial charge in [-0.05, 0) is 22.7 Å². The monoisotopic (exact) mass is 725 g/mol. The van der Waals surface area contributed by atoms with Crippen molar-refractivity contribution < 1.29 is 24.0 Å². The number of aliphatic hydroxyl groups excluding tert-OH is 1. The van der Waals surface area contributed by atoms with Crippen molar-refractivity contribution >= 4 is 19.6 Å². The van der Waals surface area contributed by atoms with E-state index in [2.05, 4.69) is 23.8 Å². The molecule has 1 fully saturated rings. The average Bonchev–Trinajstić information content (AvgIpc) is 3.66. The molecule has 0 aromatic carbocycles. The molecule has 1 saturated heterocycles. The number of hydrogen-bond donors (Lipinski definition) is 1. The Morgan fingerprint density at radius 2 is 1.08 bits per heavy atom. The van der Waals surface area contributed by atoms with Crippen LogP contribution in [-0.4, -0.2) is 69.6 Å². The van der Waals surface area contributed by atoms with Crippen molar-refractivity contribution in [1.29, 1.82) is 0 Å². The molecule has 16 heteroatoms. The molecule has 0 aliphatic carbocycles. The van der Waals surface area contributed by atoms with Crippen molar-refractivity contribution in [2.24, 2.45) is 14.1 Å². The van der Waals surface area contributed by atoms with Gasteiger partial charge >= 0.3 is 19.6 Å².